The fourth-order valence-electron chi connectivity index (χ4n) is 2.49. The Balaban J connectivity index is 0.00000729. The Bertz CT molecular complexity index is 557. The molecule has 8 heteroatoms. The lowest BCUT2D eigenvalue weighted by Gasteiger charge is -2.25. The van der Waals surface area contributed by atoms with Crippen LogP contribution in [0.3, 0.4) is 0 Å². The maximum Gasteiger partial charge on any atom is 0.241 e. The van der Waals surface area contributed by atoms with E-state index < -0.39 is 0 Å². The number of methoxy groups -OCH3 is 1. The van der Waals surface area contributed by atoms with Gasteiger partial charge in [-0.05, 0) is 32.9 Å². The summed E-state index contributed by atoms with van der Waals surface area (Å²) in [6.07, 6.45) is 0.980. The van der Waals surface area contributed by atoms with E-state index in [1.54, 1.807) is 7.11 Å². The van der Waals surface area contributed by atoms with E-state index in [9.17, 15) is 4.79 Å². The Morgan fingerprint density at radius 2 is 1.89 bits per heavy atom. The number of ether oxygens (including phenoxy) is 1. The molecule has 1 unspecified atom stereocenters. The molecule has 0 radical (unpaired) electrons. The van der Waals surface area contributed by atoms with E-state index in [0.717, 1.165) is 26.1 Å². The molecule has 1 aromatic carbocycles. The normalized spacial score (nSPS) is 12.2. The molecule has 0 aliphatic rings. The summed E-state index contributed by atoms with van der Waals surface area (Å²) in [5.41, 5.74) is 1.31. The lowest BCUT2D eigenvalue weighted by molar-refractivity contribution is -0.119. The van der Waals surface area contributed by atoms with Crippen LogP contribution in [0.4, 0.5) is 0 Å². The summed E-state index contributed by atoms with van der Waals surface area (Å²) in [7, 11) is 3.75. The van der Waals surface area contributed by atoms with Crippen molar-refractivity contribution in [2.45, 2.75) is 32.9 Å². The van der Waals surface area contributed by atoms with Gasteiger partial charge in [0.05, 0.1) is 6.61 Å². The first-order valence-electron chi connectivity index (χ1n) is 9.58. The predicted molar refractivity (Wildman–Crippen MR) is 126 cm³/mol. The highest BCUT2D eigenvalue weighted by atomic mass is 127. The van der Waals surface area contributed by atoms with Crippen molar-refractivity contribution in [1.29, 1.82) is 0 Å². The van der Waals surface area contributed by atoms with Gasteiger partial charge in [0.1, 0.15) is 6.54 Å². The quantitative estimate of drug-likeness (QED) is 0.175. The highest BCUT2D eigenvalue weighted by molar-refractivity contribution is 14.0. The summed E-state index contributed by atoms with van der Waals surface area (Å²) in [6, 6.07) is 10.9. The van der Waals surface area contributed by atoms with E-state index in [2.05, 4.69) is 64.1 Å². The van der Waals surface area contributed by atoms with Gasteiger partial charge >= 0.3 is 0 Å². The zero-order valence-electron chi connectivity index (χ0n) is 17.5. The van der Waals surface area contributed by atoms with Crippen LogP contribution in [0.5, 0.6) is 0 Å². The molecule has 0 heterocycles. The third kappa shape index (κ3) is 12.1. The molecule has 1 atom stereocenters. The minimum atomic E-state index is -0.111. The molecule has 1 rings (SSSR count). The lowest BCUT2D eigenvalue weighted by atomic mass is 10.1. The van der Waals surface area contributed by atoms with Crippen LogP contribution in [0, 0.1) is 0 Å². The summed E-state index contributed by atoms with van der Waals surface area (Å²) in [5, 5.41) is 9.23. The summed E-state index contributed by atoms with van der Waals surface area (Å²) < 4.78 is 4.91. The topological polar surface area (TPSA) is 78.0 Å². The molecule has 0 spiro atoms. The second-order valence-electron chi connectivity index (χ2n) is 6.50. The van der Waals surface area contributed by atoms with E-state index in [1.807, 2.05) is 13.0 Å². The highest BCUT2D eigenvalue weighted by Gasteiger charge is 2.10. The summed E-state index contributed by atoms with van der Waals surface area (Å²) >= 11 is 0. The van der Waals surface area contributed by atoms with Gasteiger partial charge in [-0.15, -0.1) is 24.0 Å². The molecule has 0 saturated heterocycles. The molecular formula is C20H36IN5O2. The van der Waals surface area contributed by atoms with Crippen LogP contribution in [0.1, 0.15) is 25.8 Å². The van der Waals surface area contributed by atoms with Crippen molar-refractivity contribution >= 4 is 35.8 Å². The van der Waals surface area contributed by atoms with E-state index in [0.29, 0.717) is 25.2 Å². The average Bonchev–Trinajstić information content (AvgIpc) is 2.67. The molecule has 1 aromatic rings. The van der Waals surface area contributed by atoms with E-state index >= 15 is 0 Å². The average molecular weight is 505 g/mol. The summed E-state index contributed by atoms with van der Waals surface area (Å²) in [5.74, 6) is 0.553. The van der Waals surface area contributed by atoms with Crippen LogP contribution >= 0.6 is 24.0 Å². The van der Waals surface area contributed by atoms with Crippen LogP contribution in [0.25, 0.3) is 0 Å². The van der Waals surface area contributed by atoms with Crippen LogP contribution < -0.4 is 16.0 Å². The fourth-order valence-corrected chi connectivity index (χ4v) is 2.49. The Hall–Kier alpha value is -1.39. The van der Waals surface area contributed by atoms with Crippen LogP contribution in [0.15, 0.2) is 35.3 Å². The van der Waals surface area contributed by atoms with E-state index in [1.165, 1.54) is 5.56 Å². The van der Waals surface area contributed by atoms with Crippen molar-refractivity contribution in [3.8, 4) is 0 Å². The van der Waals surface area contributed by atoms with Crippen molar-refractivity contribution in [2.75, 3.05) is 46.9 Å². The van der Waals surface area contributed by atoms with Gasteiger partial charge in [-0.25, -0.2) is 4.99 Å². The third-order valence-electron chi connectivity index (χ3n) is 4.24. The van der Waals surface area contributed by atoms with Crippen molar-refractivity contribution in [1.82, 2.24) is 20.9 Å². The summed E-state index contributed by atoms with van der Waals surface area (Å²) in [4.78, 5) is 18.4. The standard InChI is InChI=1S/C20H35N5O2.HI/c1-5-21-20(24-15-19(26)22-13-14-27-4)23-12-11-17(2)25(3)16-18-9-7-6-8-10-18;/h6-10,17H,5,11-16H2,1-4H3,(H,22,26)(H2,21,23,24);1H. The second kappa shape index (κ2) is 16.6. The molecular weight excluding hydrogens is 469 g/mol. The Kier molecular flexibility index (Phi) is 15.7. The molecule has 7 nitrogen and oxygen atoms in total. The zero-order valence-corrected chi connectivity index (χ0v) is 19.9. The van der Waals surface area contributed by atoms with Gasteiger partial charge in [-0.3, -0.25) is 9.69 Å². The third-order valence-corrected chi connectivity index (χ3v) is 4.24. The molecule has 0 bridgehead atoms. The first kappa shape index (κ1) is 26.6. The highest BCUT2D eigenvalue weighted by Crippen LogP contribution is 2.07. The number of aliphatic imine (C=N–C) groups is 1. The fraction of sp³-hybridized carbons (Fsp3) is 0.600. The number of guanidine groups is 1. The van der Waals surface area contributed by atoms with Crippen molar-refractivity contribution in [3.63, 3.8) is 0 Å². The SMILES string of the molecule is CCNC(=NCC(=O)NCCOC)NCCC(C)N(C)Cc1ccccc1.I. The number of nitrogens with zero attached hydrogens (tertiary/aromatic N) is 2. The molecule has 0 aliphatic carbocycles. The van der Waals surface area contributed by atoms with E-state index in [-0.39, 0.29) is 36.4 Å². The number of halogens is 1. The number of rotatable bonds is 12. The number of carbonyl (C=O) groups excluding carboxylic acids is 1. The number of amides is 1. The first-order valence-corrected chi connectivity index (χ1v) is 9.58. The molecule has 28 heavy (non-hydrogen) atoms. The number of carbonyl (C=O) groups is 1. The smallest absolute Gasteiger partial charge is 0.241 e. The number of nitrogens with one attached hydrogen (secondary N) is 3. The van der Waals surface area contributed by atoms with Gasteiger partial charge in [0.15, 0.2) is 5.96 Å². The van der Waals surface area contributed by atoms with Crippen LogP contribution in [0.2, 0.25) is 0 Å². The zero-order chi connectivity index (χ0) is 19.9. The predicted octanol–water partition coefficient (Wildman–Crippen LogP) is 1.83. The number of hydrogen-bond donors (Lipinski definition) is 3. The molecule has 1 amide bonds. The van der Waals surface area contributed by atoms with Crippen LogP contribution in [-0.2, 0) is 16.1 Å². The van der Waals surface area contributed by atoms with Gasteiger partial charge in [0, 0.05) is 39.3 Å². The molecule has 0 aromatic heterocycles. The van der Waals surface area contributed by atoms with Crippen molar-refractivity contribution in [2.24, 2.45) is 4.99 Å². The number of benzene rings is 1. The monoisotopic (exact) mass is 505 g/mol. The van der Waals surface area contributed by atoms with Crippen LogP contribution in [-0.4, -0.2) is 69.8 Å². The summed E-state index contributed by atoms with van der Waals surface area (Å²) in [6.45, 7) is 7.80. The lowest BCUT2D eigenvalue weighted by Crippen LogP contribution is -2.41. The van der Waals surface area contributed by atoms with Crippen molar-refractivity contribution in [3.05, 3.63) is 35.9 Å². The molecule has 0 saturated carbocycles. The Labute approximate surface area is 186 Å². The number of hydrogen-bond acceptors (Lipinski definition) is 4. The minimum absolute atomic E-state index is 0. The van der Waals surface area contributed by atoms with Crippen molar-refractivity contribution < 1.29 is 9.53 Å². The van der Waals surface area contributed by atoms with Gasteiger partial charge in [0.2, 0.25) is 5.91 Å². The van der Waals surface area contributed by atoms with Gasteiger partial charge in [0.25, 0.3) is 0 Å². The largest absolute Gasteiger partial charge is 0.383 e. The van der Waals surface area contributed by atoms with Gasteiger partial charge < -0.3 is 20.7 Å². The molecule has 0 aliphatic heterocycles. The minimum Gasteiger partial charge on any atom is -0.383 e. The Morgan fingerprint density at radius 3 is 2.54 bits per heavy atom. The van der Waals surface area contributed by atoms with Gasteiger partial charge in [-0.2, -0.15) is 0 Å². The maximum absolute atomic E-state index is 11.7. The van der Waals surface area contributed by atoms with E-state index in [4.69, 9.17) is 4.74 Å². The first-order chi connectivity index (χ1) is 13.1. The molecule has 3 N–H and O–H groups in total. The molecule has 0 fully saturated rings. The van der Waals surface area contributed by atoms with Gasteiger partial charge in [-0.1, -0.05) is 30.3 Å². The molecule has 160 valence electrons. The second-order valence-corrected chi connectivity index (χ2v) is 6.50. The Morgan fingerprint density at radius 1 is 1.18 bits per heavy atom. The maximum atomic E-state index is 11.7.